The van der Waals surface area contributed by atoms with Crippen molar-refractivity contribution in [2.45, 2.75) is 11.1 Å². The second-order valence-corrected chi connectivity index (χ2v) is 5.05. The summed E-state index contributed by atoms with van der Waals surface area (Å²) in [6.45, 7) is 0. The molecule has 0 spiro atoms. The Labute approximate surface area is 96.5 Å². The number of nitrogens with zero attached hydrogens (tertiary/aromatic N) is 1. The largest absolute Gasteiger partial charge is 0.347 e. The molecule has 0 aromatic carbocycles. The molecule has 1 N–H and O–H groups in total. The van der Waals surface area contributed by atoms with Crippen LogP contribution in [0.3, 0.4) is 0 Å². The zero-order valence-corrected chi connectivity index (χ0v) is 9.63. The van der Waals surface area contributed by atoms with Crippen LogP contribution in [0.1, 0.15) is 4.88 Å². The van der Waals surface area contributed by atoms with E-state index in [1.165, 1.54) is 11.3 Å². The number of alkyl halides is 3. The minimum Gasteiger partial charge on any atom is -0.347 e. The number of oxime groups is 1. The van der Waals surface area contributed by atoms with E-state index in [0.717, 1.165) is 0 Å². The molecule has 0 radical (unpaired) electrons. The lowest BCUT2D eigenvalue weighted by atomic mass is 10.0. The standard InChI is InChI=1S/C8H6BrF2NO2S/c9-8(13)5(7(10)11)6(12-14-8)4-2-1-3-15-4/h1-3,5,7,13H. The van der Waals surface area contributed by atoms with Crippen molar-refractivity contribution in [1.82, 2.24) is 0 Å². The number of hydrogen-bond acceptors (Lipinski definition) is 4. The molecular formula is C8H6BrF2NO2S. The van der Waals surface area contributed by atoms with E-state index in [1.54, 1.807) is 17.5 Å². The van der Waals surface area contributed by atoms with Gasteiger partial charge in [-0.05, 0) is 27.4 Å². The Balaban J connectivity index is 2.34. The molecule has 1 aliphatic heterocycles. The molecular weight excluding hydrogens is 292 g/mol. The van der Waals surface area contributed by atoms with Crippen LogP contribution in [0, 0.1) is 5.92 Å². The van der Waals surface area contributed by atoms with Crippen LogP contribution in [0.5, 0.6) is 0 Å². The van der Waals surface area contributed by atoms with Crippen molar-refractivity contribution in [2.75, 3.05) is 0 Å². The average molecular weight is 298 g/mol. The monoisotopic (exact) mass is 297 g/mol. The normalized spacial score (nSPS) is 30.5. The Morgan fingerprint density at radius 3 is 2.93 bits per heavy atom. The number of hydrogen-bond donors (Lipinski definition) is 1. The van der Waals surface area contributed by atoms with Crippen LogP contribution in [0.2, 0.25) is 0 Å². The van der Waals surface area contributed by atoms with Crippen LogP contribution >= 0.6 is 27.3 Å². The van der Waals surface area contributed by atoms with E-state index < -0.39 is 17.0 Å². The van der Waals surface area contributed by atoms with Gasteiger partial charge in [-0.3, -0.25) is 0 Å². The summed E-state index contributed by atoms with van der Waals surface area (Å²) in [6.07, 6.45) is -2.75. The van der Waals surface area contributed by atoms with Gasteiger partial charge in [-0.25, -0.2) is 8.78 Å². The molecule has 0 aliphatic carbocycles. The van der Waals surface area contributed by atoms with Gasteiger partial charge in [-0.2, -0.15) is 0 Å². The van der Waals surface area contributed by atoms with Gasteiger partial charge in [-0.15, -0.1) is 11.3 Å². The van der Waals surface area contributed by atoms with Crippen molar-refractivity contribution in [3.05, 3.63) is 22.4 Å². The summed E-state index contributed by atoms with van der Waals surface area (Å²) in [6, 6.07) is 3.37. The summed E-state index contributed by atoms with van der Waals surface area (Å²) in [7, 11) is 0. The highest BCUT2D eigenvalue weighted by Gasteiger charge is 2.52. The molecule has 0 amide bonds. The molecule has 0 saturated carbocycles. The molecule has 2 unspecified atom stereocenters. The minimum absolute atomic E-state index is 0.0689. The van der Waals surface area contributed by atoms with Crippen LogP contribution < -0.4 is 0 Å². The minimum atomic E-state index is -2.75. The highest BCUT2D eigenvalue weighted by atomic mass is 79.9. The van der Waals surface area contributed by atoms with E-state index in [0.29, 0.717) is 4.88 Å². The zero-order valence-electron chi connectivity index (χ0n) is 7.23. The third-order valence-electron chi connectivity index (χ3n) is 1.98. The van der Waals surface area contributed by atoms with Gasteiger partial charge < -0.3 is 9.94 Å². The quantitative estimate of drug-likeness (QED) is 0.852. The molecule has 2 heterocycles. The summed E-state index contributed by atoms with van der Waals surface area (Å²) in [5.41, 5.74) is 0.0689. The van der Waals surface area contributed by atoms with Gasteiger partial charge in [0.1, 0.15) is 11.6 Å². The van der Waals surface area contributed by atoms with Crippen LogP contribution in [-0.4, -0.2) is 21.9 Å². The highest BCUT2D eigenvalue weighted by Crippen LogP contribution is 2.39. The van der Waals surface area contributed by atoms with Crippen LogP contribution in [0.4, 0.5) is 8.78 Å². The van der Waals surface area contributed by atoms with Crippen LogP contribution in [-0.2, 0) is 4.84 Å². The SMILES string of the molecule is OC1(Br)ON=C(c2cccs2)C1C(F)F. The van der Waals surface area contributed by atoms with Crippen LogP contribution in [0.25, 0.3) is 0 Å². The summed E-state index contributed by atoms with van der Waals surface area (Å²) >= 11 is 3.94. The van der Waals surface area contributed by atoms with Crippen molar-refractivity contribution >= 4 is 33.0 Å². The maximum absolute atomic E-state index is 12.7. The molecule has 15 heavy (non-hydrogen) atoms. The van der Waals surface area contributed by atoms with Gasteiger partial charge >= 0.3 is 4.70 Å². The summed E-state index contributed by atoms with van der Waals surface area (Å²) < 4.78 is 23.4. The molecule has 1 aliphatic rings. The first kappa shape index (κ1) is 11.0. The first-order valence-corrected chi connectivity index (χ1v) is 5.69. The van der Waals surface area contributed by atoms with E-state index in [9.17, 15) is 13.9 Å². The molecule has 0 saturated heterocycles. The van der Waals surface area contributed by atoms with Crippen LogP contribution in [0.15, 0.2) is 22.7 Å². The first-order chi connectivity index (χ1) is 7.02. The molecule has 1 aromatic heterocycles. The van der Waals surface area contributed by atoms with Gasteiger partial charge in [0.05, 0.1) is 4.88 Å². The Morgan fingerprint density at radius 1 is 1.67 bits per heavy atom. The molecule has 2 rings (SSSR count). The van der Waals surface area contributed by atoms with Gasteiger partial charge in [0, 0.05) is 0 Å². The maximum atomic E-state index is 12.7. The number of aliphatic hydroxyl groups is 1. The highest BCUT2D eigenvalue weighted by molar-refractivity contribution is 9.10. The van der Waals surface area contributed by atoms with E-state index in [2.05, 4.69) is 25.9 Å². The maximum Gasteiger partial charge on any atom is 0.304 e. The topological polar surface area (TPSA) is 41.8 Å². The van der Waals surface area contributed by atoms with Gasteiger partial charge in [0.2, 0.25) is 0 Å². The fraction of sp³-hybridized carbons (Fsp3) is 0.375. The van der Waals surface area contributed by atoms with Crippen molar-refractivity contribution in [3.63, 3.8) is 0 Å². The Kier molecular flexibility index (Phi) is 2.78. The first-order valence-electron chi connectivity index (χ1n) is 4.02. The molecule has 3 nitrogen and oxygen atoms in total. The number of thiophene rings is 1. The van der Waals surface area contributed by atoms with Crippen molar-refractivity contribution in [3.8, 4) is 0 Å². The van der Waals surface area contributed by atoms with Gasteiger partial charge in [0.15, 0.2) is 0 Å². The summed E-state index contributed by atoms with van der Waals surface area (Å²) in [5.74, 6) is -1.48. The van der Waals surface area contributed by atoms with Crippen molar-refractivity contribution in [2.24, 2.45) is 11.1 Å². The molecule has 1 aromatic rings. The summed E-state index contributed by atoms with van der Waals surface area (Å²) in [5, 5.41) is 14.7. The number of halogens is 3. The molecule has 2 atom stereocenters. The summed E-state index contributed by atoms with van der Waals surface area (Å²) in [4.78, 5) is 5.10. The molecule has 82 valence electrons. The Bertz CT molecular complexity index is 380. The molecule has 0 bridgehead atoms. The third kappa shape index (κ3) is 1.91. The molecule has 0 fully saturated rings. The number of rotatable bonds is 2. The lowest BCUT2D eigenvalue weighted by Crippen LogP contribution is -2.37. The van der Waals surface area contributed by atoms with E-state index >= 15 is 0 Å². The predicted molar refractivity (Wildman–Crippen MR) is 55.3 cm³/mol. The van der Waals surface area contributed by atoms with E-state index in [-0.39, 0.29) is 5.71 Å². The Hall–Kier alpha value is -0.530. The lowest BCUT2D eigenvalue weighted by molar-refractivity contribution is -0.149. The zero-order chi connectivity index (χ0) is 11.1. The fourth-order valence-corrected chi connectivity index (χ4v) is 2.53. The second-order valence-electron chi connectivity index (χ2n) is 2.97. The fourth-order valence-electron chi connectivity index (χ4n) is 1.29. The van der Waals surface area contributed by atoms with Crippen molar-refractivity contribution in [1.29, 1.82) is 0 Å². The van der Waals surface area contributed by atoms with E-state index in [4.69, 9.17) is 0 Å². The second kappa shape index (κ2) is 3.80. The smallest absolute Gasteiger partial charge is 0.304 e. The third-order valence-corrected chi connectivity index (χ3v) is 3.51. The predicted octanol–water partition coefficient (Wildman–Crippen LogP) is 2.40. The van der Waals surface area contributed by atoms with Gasteiger partial charge in [0.25, 0.3) is 6.43 Å². The van der Waals surface area contributed by atoms with Crippen molar-refractivity contribution < 1.29 is 18.7 Å². The Morgan fingerprint density at radius 2 is 2.40 bits per heavy atom. The molecule has 7 heteroatoms. The lowest BCUT2D eigenvalue weighted by Gasteiger charge is -2.20. The van der Waals surface area contributed by atoms with Gasteiger partial charge in [-0.1, -0.05) is 11.2 Å². The van der Waals surface area contributed by atoms with E-state index in [1.807, 2.05) is 0 Å². The average Bonchev–Trinajstić information content (AvgIpc) is 2.69.